The number of hydrogen-bond acceptors (Lipinski definition) is 4. The van der Waals surface area contributed by atoms with Gasteiger partial charge in [-0.15, -0.1) is 17.8 Å². The summed E-state index contributed by atoms with van der Waals surface area (Å²) in [5.41, 5.74) is 1.63. The van der Waals surface area contributed by atoms with E-state index in [1.165, 1.54) is 11.3 Å². The smallest absolute Gasteiger partial charge is 0.264 e. The topological polar surface area (TPSA) is 54.0 Å². The number of carbonyl (C=O) groups is 1. The summed E-state index contributed by atoms with van der Waals surface area (Å²) < 4.78 is 1.03. The zero-order valence-electron chi connectivity index (χ0n) is 11.3. The van der Waals surface area contributed by atoms with Gasteiger partial charge in [0.1, 0.15) is 16.1 Å². The fourth-order valence-electron chi connectivity index (χ4n) is 2.68. The van der Waals surface area contributed by atoms with Crippen LogP contribution in [0.4, 0.5) is 5.69 Å². The summed E-state index contributed by atoms with van der Waals surface area (Å²) in [4.78, 5) is 17.3. The molecule has 1 atom stereocenters. The lowest BCUT2D eigenvalue weighted by molar-refractivity contribution is 0.0954. The van der Waals surface area contributed by atoms with Crippen LogP contribution in [0.2, 0.25) is 5.15 Å². The molecule has 0 saturated heterocycles. The summed E-state index contributed by atoms with van der Waals surface area (Å²) in [5, 5.41) is 8.57. The van der Waals surface area contributed by atoms with E-state index < -0.39 is 0 Å². The molecule has 3 aromatic rings. The first-order valence-electron chi connectivity index (χ1n) is 6.70. The molecule has 3 heterocycles. The van der Waals surface area contributed by atoms with Gasteiger partial charge in [0, 0.05) is 22.0 Å². The van der Waals surface area contributed by atoms with Crippen molar-refractivity contribution in [3.05, 3.63) is 34.3 Å². The predicted octanol–water partition coefficient (Wildman–Crippen LogP) is 3.26. The maximum Gasteiger partial charge on any atom is 0.264 e. The van der Waals surface area contributed by atoms with E-state index in [9.17, 15) is 4.79 Å². The Morgan fingerprint density at radius 3 is 3.05 bits per heavy atom. The molecule has 22 heavy (non-hydrogen) atoms. The molecule has 0 spiro atoms. The predicted molar refractivity (Wildman–Crippen MR) is 90.7 cm³/mol. The van der Waals surface area contributed by atoms with Crippen molar-refractivity contribution in [3.63, 3.8) is 0 Å². The van der Waals surface area contributed by atoms with E-state index in [-0.39, 0.29) is 11.9 Å². The average molecular weight is 328 g/mol. The first kappa shape index (κ1) is 13.4. The van der Waals surface area contributed by atoms with Gasteiger partial charge in [0.05, 0.1) is 11.2 Å². The number of carbonyl (C=O) groups excluding carboxylic acids is 1. The van der Waals surface area contributed by atoms with E-state index in [1.807, 2.05) is 18.2 Å². The number of halogens is 1. The fraction of sp³-hybridized carbons (Fsp3) is 0.125. The zero-order chi connectivity index (χ0) is 15.3. The largest absolute Gasteiger partial charge is 0.380 e. The van der Waals surface area contributed by atoms with Crippen LogP contribution in [-0.4, -0.2) is 23.5 Å². The Morgan fingerprint density at radius 2 is 2.23 bits per heavy atom. The zero-order valence-corrected chi connectivity index (χ0v) is 12.9. The average Bonchev–Trinajstić information content (AvgIpc) is 2.82. The summed E-state index contributed by atoms with van der Waals surface area (Å²) in [6, 6.07) is 7.26. The molecular weight excluding hydrogens is 318 g/mol. The molecule has 2 aromatic heterocycles. The lowest BCUT2D eigenvalue weighted by Gasteiger charge is -2.09. The van der Waals surface area contributed by atoms with Crippen molar-refractivity contribution in [2.45, 2.75) is 6.04 Å². The highest BCUT2D eigenvalue weighted by molar-refractivity contribution is 7.21. The van der Waals surface area contributed by atoms with Crippen molar-refractivity contribution in [2.75, 3.05) is 11.9 Å². The number of nitrogens with zero attached hydrogens (tertiary/aromatic N) is 1. The third-order valence-corrected chi connectivity index (χ3v) is 5.05. The van der Waals surface area contributed by atoms with Crippen molar-refractivity contribution in [2.24, 2.45) is 0 Å². The van der Waals surface area contributed by atoms with Crippen molar-refractivity contribution in [1.82, 2.24) is 10.3 Å². The van der Waals surface area contributed by atoms with Crippen molar-refractivity contribution in [1.29, 1.82) is 0 Å². The molecule has 1 amide bonds. The van der Waals surface area contributed by atoms with Gasteiger partial charge in [-0.2, -0.15) is 0 Å². The van der Waals surface area contributed by atoms with Crippen LogP contribution in [-0.2, 0) is 0 Å². The van der Waals surface area contributed by atoms with E-state index in [1.54, 1.807) is 6.07 Å². The van der Waals surface area contributed by atoms with Gasteiger partial charge in [-0.1, -0.05) is 17.5 Å². The molecule has 4 rings (SSSR count). The number of anilines is 1. The van der Waals surface area contributed by atoms with E-state index in [4.69, 9.17) is 18.0 Å². The van der Waals surface area contributed by atoms with E-state index in [0.717, 1.165) is 26.7 Å². The highest BCUT2D eigenvalue weighted by Crippen LogP contribution is 2.40. The number of nitrogens with one attached hydrogen (secondary N) is 2. The Hall–Kier alpha value is -2.29. The molecule has 0 saturated carbocycles. The molecule has 0 unspecified atom stereocenters. The number of terminal acetylenes is 1. The Labute approximate surface area is 135 Å². The highest BCUT2D eigenvalue weighted by Gasteiger charge is 2.25. The second kappa shape index (κ2) is 4.87. The minimum Gasteiger partial charge on any atom is -0.380 e. The molecular formula is C16H10ClN3OS. The van der Waals surface area contributed by atoms with Crippen molar-refractivity contribution in [3.8, 4) is 12.3 Å². The van der Waals surface area contributed by atoms with Gasteiger partial charge in [-0.3, -0.25) is 4.79 Å². The van der Waals surface area contributed by atoms with Crippen molar-refractivity contribution < 1.29 is 4.79 Å². The van der Waals surface area contributed by atoms with Gasteiger partial charge in [0.2, 0.25) is 0 Å². The Balaban J connectivity index is 2.03. The first-order chi connectivity index (χ1) is 10.7. The van der Waals surface area contributed by atoms with Crippen LogP contribution in [0.1, 0.15) is 9.67 Å². The first-order valence-corrected chi connectivity index (χ1v) is 7.89. The normalized spacial score (nSPS) is 17.5. The molecule has 0 bridgehead atoms. The number of fused-ring (bicyclic) bond motifs is 5. The van der Waals surface area contributed by atoms with Crippen LogP contribution < -0.4 is 10.6 Å². The number of rotatable bonds is 0. The van der Waals surface area contributed by atoms with E-state index in [0.29, 0.717) is 16.6 Å². The van der Waals surface area contributed by atoms with Gasteiger partial charge < -0.3 is 10.6 Å². The van der Waals surface area contributed by atoms with Crippen molar-refractivity contribution >= 4 is 55.5 Å². The van der Waals surface area contributed by atoms with Crippen LogP contribution in [0.5, 0.6) is 0 Å². The van der Waals surface area contributed by atoms with Crippen LogP contribution in [0.3, 0.4) is 0 Å². The van der Waals surface area contributed by atoms with Crippen LogP contribution in [0.15, 0.2) is 24.3 Å². The summed E-state index contributed by atoms with van der Waals surface area (Å²) in [5.74, 6) is 2.43. The number of hydrogen-bond donors (Lipinski definition) is 2. The number of aromatic nitrogens is 1. The Bertz CT molecular complexity index is 973. The third kappa shape index (κ3) is 1.92. The standard InChI is InChI=1S/C16H10ClN3OS/c1-2-8-7-18-14-13-9-3-6-12(17)20-10(9)4-5-11(13)22-15(14)16(21)19-8/h1,3-6,8,18H,7H2,(H,19,21)/t8-/m1/s1. The van der Waals surface area contributed by atoms with Crippen LogP contribution in [0, 0.1) is 12.3 Å². The fourth-order valence-corrected chi connectivity index (χ4v) is 3.94. The lowest BCUT2D eigenvalue weighted by Crippen LogP contribution is -2.35. The Morgan fingerprint density at radius 1 is 1.36 bits per heavy atom. The summed E-state index contributed by atoms with van der Waals surface area (Å²) in [6.45, 7) is 0.498. The minimum atomic E-state index is -0.315. The molecule has 0 fully saturated rings. The van der Waals surface area contributed by atoms with Gasteiger partial charge in [-0.25, -0.2) is 4.98 Å². The van der Waals surface area contributed by atoms with Crippen LogP contribution >= 0.6 is 22.9 Å². The summed E-state index contributed by atoms with van der Waals surface area (Å²) in [6.07, 6.45) is 5.43. The number of amides is 1. The SMILES string of the molecule is C#C[C@@H]1CNc2c(sc3ccc4nc(Cl)ccc4c23)C(=O)N1. The molecule has 1 aromatic carbocycles. The lowest BCUT2D eigenvalue weighted by atomic mass is 10.1. The molecule has 6 heteroatoms. The van der Waals surface area contributed by atoms with Gasteiger partial charge in [-0.05, 0) is 24.3 Å². The minimum absolute atomic E-state index is 0.140. The number of benzene rings is 1. The van der Waals surface area contributed by atoms with Gasteiger partial charge in [0.25, 0.3) is 5.91 Å². The monoisotopic (exact) mass is 327 g/mol. The Kier molecular flexibility index (Phi) is 2.96. The molecule has 2 N–H and O–H groups in total. The third-order valence-electron chi connectivity index (χ3n) is 3.68. The van der Waals surface area contributed by atoms with E-state index in [2.05, 4.69) is 21.5 Å². The summed E-state index contributed by atoms with van der Waals surface area (Å²) >= 11 is 7.41. The highest BCUT2D eigenvalue weighted by atomic mass is 35.5. The van der Waals surface area contributed by atoms with Gasteiger partial charge in [0.15, 0.2) is 0 Å². The maximum atomic E-state index is 12.4. The summed E-state index contributed by atoms with van der Waals surface area (Å²) in [7, 11) is 0. The maximum absolute atomic E-state index is 12.4. The quantitative estimate of drug-likeness (QED) is 0.492. The second-order valence-corrected chi connectivity index (χ2v) is 6.46. The molecule has 0 radical (unpaired) electrons. The molecule has 1 aliphatic heterocycles. The second-order valence-electron chi connectivity index (χ2n) is 5.02. The molecule has 108 valence electrons. The number of pyridine rings is 1. The van der Waals surface area contributed by atoms with E-state index >= 15 is 0 Å². The molecule has 4 nitrogen and oxygen atoms in total. The van der Waals surface area contributed by atoms with Crippen LogP contribution in [0.25, 0.3) is 21.0 Å². The molecule has 1 aliphatic rings. The number of thiophene rings is 1. The molecule has 0 aliphatic carbocycles. The van der Waals surface area contributed by atoms with Gasteiger partial charge >= 0.3 is 0 Å².